The molecule has 0 saturated carbocycles. The summed E-state index contributed by atoms with van der Waals surface area (Å²) >= 11 is 6.08. The zero-order chi connectivity index (χ0) is 35.8. The van der Waals surface area contributed by atoms with Gasteiger partial charge in [0.25, 0.3) is 0 Å². The second-order valence-electron chi connectivity index (χ2n) is 13.4. The van der Waals surface area contributed by atoms with E-state index in [0.717, 1.165) is 22.3 Å². The number of nitrogens with one attached hydrogen (secondary N) is 2. The number of aliphatic hydroxyl groups excluding tert-OH is 1. The molecule has 2 saturated heterocycles. The molecule has 4 aromatic rings. The van der Waals surface area contributed by atoms with Crippen molar-refractivity contribution in [3.63, 3.8) is 0 Å². The number of carbonyl (C=O) groups excluding carboxylic acids is 2. The zero-order valence-corrected chi connectivity index (χ0v) is 29.2. The molecule has 268 valence electrons. The van der Waals surface area contributed by atoms with E-state index in [-0.39, 0.29) is 43.5 Å². The van der Waals surface area contributed by atoms with E-state index in [0.29, 0.717) is 67.4 Å². The SMILES string of the molecule is Nc1ccccc1NC(=O)CCCC(=O)Nc1cccc([C@H]2O[C@@H](CN3CCC(O)(c4ccc(Cl)cc4)CC3)C[C@@H](c3ccc(CO)cc3)O2)c1. The number of rotatable bonds is 12. The summed E-state index contributed by atoms with van der Waals surface area (Å²) in [7, 11) is 0. The first-order valence-corrected chi connectivity index (χ1v) is 17.8. The predicted octanol–water partition coefficient (Wildman–Crippen LogP) is 6.69. The summed E-state index contributed by atoms with van der Waals surface area (Å²) in [5, 5.41) is 27.4. The maximum absolute atomic E-state index is 12.8. The van der Waals surface area contributed by atoms with E-state index in [1.807, 2.05) is 72.8 Å². The second-order valence-corrected chi connectivity index (χ2v) is 13.8. The molecule has 2 fully saturated rings. The van der Waals surface area contributed by atoms with Gasteiger partial charge in [0.15, 0.2) is 6.29 Å². The van der Waals surface area contributed by atoms with Crippen molar-refractivity contribution in [1.82, 2.24) is 4.90 Å². The van der Waals surface area contributed by atoms with Gasteiger partial charge in [-0.05, 0) is 72.4 Å². The van der Waals surface area contributed by atoms with E-state index in [1.54, 1.807) is 24.3 Å². The minimum atomic E-state index is -0.898. The molecule has 6 N–H and O–H groups in total. The highest BCUT2D eigenvalue weighted by atomic mass is 35.5. The molecule has 2 amide bonds. The summed E-state index contributed by atoms with van der Waals surface area (Å²) in [5.74, 6) is -0.403. The lowest BCUT2D eigenvalue weighted by Crippen LogP contribution is -2.46. The Bertz CT molecular complexity index is 1780. The topological polar surface area (TPSA) is 146 Å². The van der Waals surface area contributed by atoms with Crippen molar-refractivity contribution in [1.29, 1.82) is 0 Å². The lowest BCUT2D eigenvalue weighted by Gasteiger charge is -2.42. The van der Waals surface area contributed by atoms with Gasteiger partial charge in [0.2, 0.25) is 11.8 Å². The van der Waals surface area contributed by atoms with Crippen LogP contribution in [0.25, 0.3) is 0 Å². The summed E-state index contributed by atoms with van der Waals surface area (Å²) in [4.78, 5) is 27.5. The first kappa shape index (κ1) is 36.5. The van der Waals surface area contributed by atoms with Crippen molar-refractivity contribution in [3.05, 3.63) is 124 Å². The minimum absolute atomic E-state index is 0.0357. The number of nitrogens with zero attached hydrogens (tertiary/aromatic N) is 1. The standard InChI is InChI=1S/C40H45ClN4O6/c41-31-17-15-30(16-18-31)40(49)19-21-45(22-20-40)25-33-24-36(28-13-11-27(26-46)12-14-28)51-39(50-33)29-5-3-6-32(23-29)43-37(47)9-4-10-38(48)44-35-8-2-1-7-34(35)42/h1-3,5-8,11-18,23,33,36,39,46,49H,4,9-10,19-22,24-26,42H2,(H,43,47)(H,44,48)/t33-,36+,39+/m1/s1. The second kappa shape index (κ2) is 16.8. The summed E-state index contributed by atoms with van der Waals surface area (Å²) in [6, 6.07) is 29.7. The number of amides is 2. The molecule has 2 aliphatic heterocycles. The van der Waals surface area contributed by atoms with Crippen LogP contribution in [0.4, 0.5) is 17.1 Å². The van der Waals surface area contributed by atoms with Crippen LogP contribution >= 0.6 is 11.6 Å². The maximum atomic E-state index is 12.8. The number of benzene rings is 4. The number of aliphatic hydroxyl groups is 2. The average Bonchev–Trinajstić information content (AvgIpc) is 3.14. The molecule has 0 radical (unpaired) electrons. The molecule has 0 bridgehead atoms. The van der Waals surface area contributed by atoms with Crippen molar-refractivity contribution >= 4 is 40.5 Å². The zero-order valence-electron chi connectivity index (χ0n) is 28.5. The van der Waals surface area contributed by atoms with E-state index in [9.17, 15) is 19.8 Å². The van der Waals surface area contributed by atoms with E-state index >= 15 is 0 Å². The van der Waals surface area contributed by atoms with Gasteiger partial charge in [-0.2, -0.15) is 0 Å². The number of likely N-dealkylation sites (tertiary alicyclic amines) is 1. The fourth-order valence-corrected chi connectivity index (χ4v) is 6.82. The third kappa shape index (κ3) is 9.74. The van der Waals surface area contributed by atoms with E-state index < -0.39 is 11.9 Å². The monoisotopic (exact) mass is 712 g/mol. The van der Waals surface area contributed by atoms with Crippen molar-refractivity contribution < 1.29 is 29.3 Å². The molecule has 0 aromatic heterocycles. The number of halogens is 1. The third-order valence-corrected chi connectivity index (χ3v) is 9.88. The van der Waals surface area contributed by atoms with Crippen LogP contribution < -0.4 is 16.4 Å². The van der Waals surface area contributed by atoms with Crippen molar-refractivity contribution in [2.75, 3.05) is 36.0 Å². The first-order valence-electron chi connectivity index (χ1n) is 17.4. The summed E-state index contributed by atoms with van der Waals surface area (Å²) in [5.41, 5.74) is 10.1. The fraction of sp³-hybridized carbons (Fsp3) is 0.350. The smallest absolute Gasteiger partial charge is 0.224 e. The van der Waals surface area contributed by atoms with Gasteiger partial charge in [0.05, 0.1) is 35.8 Å². The highest BCUT2D eigenvalue weighted by Crippen LogP contribution is 2.40. The first-order chi connectivity index (χ1) is 24.7. The summed E-state index contributed by atoms with van der Waals surface area (Å²) < 4.78 is 13.1. The number of ether oxygens (including phenoxy) is 2. The maximum Gasteiger partial charge on any atom is 0.224 e. The Morgan fingerprint density at radius 3 is 2.27 bits per heavy atom. The molecular formula is C40H45ClN4O6. The molecule has 2 heterocycles. The Labute approximate surface area is 303 Å². The number of anilines is 3. The lowest BCUT2D eigenvalue weighted by molar-refractivity contribution is -0.253. The molecule has 6 rings (SSSR count). The van der Waals surface area contributed by atoms with Crippen LogP contribution in [-0.2, 0) is 31.3 Å². The largest absolute Gasteiger partial charge is 0.397 e. The van der Waals surface area contributed by atoms with Crippen LogP contribution in [0.1, 0.15) is 73.2 Å². The van der Waals surface area contributed by atoms with Gasteiger partial charge in [0.1, 0.15) is 0 Å². The van der Waals surface area contributed by atoms with Crippen molar-refractivity contribution in [2.45, 2.75) is 69.2 Å². The van der Waals surface area contributed by atoms with Crippen LogP contribution in [0, 0.1) is 0 Å². The van der Waals surface area contributed by atoms with E-state index in [4.69, 9.17) is 26.8 Å². The molecule has 11 heteroatoms. The van der Waals surface area contributed by atoms with Crippen LogP contribution in [0.2, 0.25) is 5.02 Å². The molecule has 0 spiro atoms. The molecule has 10 nitrogen and oxygen atoms in total. The number of piperidine rings is 1. The fourth-order valence-electron chi connectivity index (χ4n) is 6.69. The van der Waals surface area contributed by atoms with E-state index in [2.05, 4.69) is 15.5 Å². The molecule has 3 atom stereocenters. The van der Waals surface area contributed by atoms with Gasteiger partial charge in [-0.15, -0.1) is 0 Å². The van der Waals surface area contributed by atoms with E-state index in [1.165, 1.54) is 0 Å². The average molecular weight is 713 g/mol. The van der Waals surface area contributed by atoms with Gasteiger partial charge < -0.3 is 41.0 Å². The molecular weight excluding hydrogens is 668 g/mol. The summed E-state index contributed by atoms with van der Waals surface area (Å²) in [6.45, 7) is 2.06. The molecule has 51 heavy (non-hydrogen) atoms. The van der Waals surface area contributed by atoms with Gasteiger partial charge >= 0.3 is 0 Å². The van der Waals surface area contributed by atoms with Crippen LogP contribution in [-0.4, -0.2) is 52.7 Å². The number of para-hydroxylation sites is 2. The Kier molecular flexibility index (Phi) is 12.0. The molecule has 0 unspecified atom stereocenters. The van der Waals surface area contributed by atoms with Crippen molar-refractivity contribution in [2.24, 2.45) is 0 Å². The Morgan fingerprint density at radius 1 is 0.863 bits per heavy atom. The third-order valence-electron chi connectivity index (χ3n) is 9.63. The van der Waals surface area contributed by atoms with Gasteiger partial charge in [-0.3, -0.25) is 9.59 Å². The lowest BCUT2D eigenvalue weighted by atomic mass is 9.84. The quantitative estimate of drug-likeness (QED) is 0.102. The van der Waals surface area contributed by atoms with Gasteiger partial charge in [-0.1, -0.05) is 72.3 Å². The number of hydrogen-bond donors (Lipinski definition) is 5. The minimum Gasteiger partial charge on any atom is -0.397 e. The van der Waals surface area contributed by atoms with Crippen LogP contribution in [0.3, 0.4) is 0 Å². The molecule has 4 aromatic carbocycles. The Hall–Kier alpha value is -4.29. The highest BCUT2D eigenvalue weighted by Gasteiger charge is 2.37. The van der Waals surface area contributed by atoms with Gasteiger partial charge in [-0.25, -0.2) is 0 Å². The number of carbonyl (C=O) groups is 2. The van der Waals surface area contributed by atoms with Crippen LogP contribution in [0.5, 0.6) is 0 Å². The number of nitrogen functional groups attached to an aromatic ring is 1. The predicted molar refractivity (Wildman–Crippen MR) is 198 cm³/mol. The number of hydrogen-bond acceptors (Lipinski definition) is 8. The highest BCUT2D eigenvalue weighted by molar-refractivity contribution is 6.30. The molecule has 2 aliphatic rings. The Balaban J connectivity index is 1.08. The summed E-state index contributed by atoms with van der Waals surface area (Å²) in [6.07, 6.45) is 1.46. The van der Waals surface area contributed by atoms with Gasteiger partial charge in [0, 0.05) is 55.2 Å². The number of nitrogens with two attached hydrogens (primary N) is 1. The van der Waals surface area contributed by atoms with Crippen LogP contribution in [0.15, 0.2) is 97.1 Å². The van der Waals surface area contributed by atoms with Crippen molar-refractivity contribution in [3.8, 4) is 0 Å². The molecule has 0 aliphatic carbocycles. The normalized spacial score (nSPS) is 20.4. The Morgan fingerprint density at radius 2 is 1.57 bits per heavy atom.